The standard InChI is InChI=1S/C22H32N4O4/c1-5-10-23-19(27)15-25-11-13-26(14-12-25)22(29)20(16(2)3)24-21(28)17-6-8-18(30-4)9-7-17/h5-9,16,20H,1,10-15H2,2-4H3,(H,23,27)(H,24,28). The fourth-order valence-electron chi connectivity index (χ4n) is 3.25. The van der Waals surface area contributed by atoms with Crippen LogP contribution in [0.3, 0.4) is 0 Å². The van der Waals surface area contributed by atoms with Crippen LogP contribution in [-0.2, 0) is 9.59 Å². The quantitative estimate of drug-likeness (QED) is 0.584. The summed E-state index contributed by atoms with van der Waals surface area (Å²) in [7, 11) is 1.57. The third kappa shape index (κ3) is 6.59. The molecule has 0 bridgehead atoms. The molecular weight excluding hydrogens is 384 g/mol. The second-order valence-electron chi connectivity index (χ2n) is 7.62. The summed E-state index contributed by atoms with van der Waals surface area (Å²) >= 11 is 0. The molecule has 2 N–H and O–H groups in total. The van der Waals surface area contributed by atoms with Crippen LogP contribution in [0.1, 0.15) is 24.2 Å². The number of methoxy groups -OCH3 is 1. The number of carbonyl (C=O) groups is 3. The molecule has 1 aliphatic rings. The van der Waals surface area contributed by atoms with E-state index in [9.17, 15) is 14.4 Å². The molecule has 1 heterocycles. The van der Waals surface area contributed by atoms with Crippen molar-refractivity contribution in [2.45, 2.75) is 19.9 Å². The summed E-state index contributed by atoms with van der Waals surface area (Å²) < 4.78 is 5.11. The maximum Gasteiger partial charge on any atom is 0.251 e. The van der Waals surface area contributed by atoms with E-state index in [0.29, 0.717) is 50.6 Å². The summed E-state index contributed by atoms with van der Waals surface area (Å²) in [6.45, 7) is 10.4. The van der Waals surface area contributed by atoms with Crippen molar-refractivity contribution in [3.05, 3.63) is 42.5 Å². The van der Waals surface area contributed by atoms with Crippen molar-refractivity contribution in [2.24, 2.45) is 5.92 Å². The summed E-state index contributed by atoms with van der Waals surface area (Å²) in [5, 5.41) is 5.63. The zero-order chi connectivity index (χ0) is 22.1. The van der Waals surface area contributed by atoms with E-state index >= 15 is 0 Å². The molecule has 1 fully saturated rings. The molecule has 8 nitrogen and oxygen atoms in total. The van der Waals surface area contributed by atoms with E-state index in [1.54, 1.807) is 42.4 Å². The lowest BCUT2D eigenvalue weighted by Crippen LogP contribution is -2.57. The van der Waals surface area contributed by atoms with Crippen LogP contribution >= 0.6 is 0 Å². The van der Waals surface area contributed by atoms with Gasteiger partial charge in [-0.05, 0) is 30.2 Å². The molecule has 8 heteroatoms. The third-order valence-electron chi connectivity index (χ3n) is 5.07. The summed E-state index contributed by atoms with van der Waals surface area (Å²) in [5.41, 5.74) is 0.476. The van der Waals surface area contributed by atoms with E-state index < -0.39 is 6.04 Å². The maximum absolute atomic E-state index is 13.1. The lowest BCUT2D eigenvalue weighted by atomic mass is 10.0. The van der Waals surface area contributed by atoms with Crippen LogP contribution < -0.4 is 15.4 Å². The summed E-state index contributed by atoms with van der Waals surface area (Å²) in [4.78, 5) is 41.3. The van der Waals surface area contributed by atoms with Crippen molar-refractivity contribution in [3.63, 3.8) is 0 Å². The number of carbonyl (C=O) groups excluding carboxylic acids is 3. The predicted molar refractivity (Wildman–Crippen MR) is 115 cm³/mol. The highest BCUT2D eigenvalue weighted by Gasteiger charge is 2.31. The highest BCUT2D eigenvalue weighted by Crippen LogP contribution is 2.14. The molecule has 0 spiro atoms. The highest BCUT2D eigenvalue weighted by molar-refractivity contribution is 5.97. The molecule has 1 unspecified atom stereocenters. The minimum Gasteiger partial charge on any atom is -0.497 e. The molecule has 0 aliphatic carbocycles. The first-order valence-electron chi connectivity index (χ1n) is 10.2. The van der Waals surface area contributed by atoms with Crippen molar-refractivity contribution in [1.82, 2.24) is 20.4 Å². The van der Waals surface area contributed by atoms with Crippen LogP contribution in [0.4, 0.5) is 0 Å². The minimum atomic E-state index is -0.609. The normalized spacial score (nSPS) is 15.4. The molecule has 30 heavy (non-hydrogen) atoms. The van der Waals surface area contributed by atoms with Crippen molar-refractivity contribution in [2.75, 3.05) is 46.4 Å². The molecule has 164 valence electrons. The topological polar surface area (TPSA) is 91.0 Å². The van der Waals surface area contributed by atoms with E-state index in [-0.39, 0.29) is 23.6 Å². The second-order valence-corrected chi connectivity index (χ2v) is 7.62. The van der Waals surface area contributed by atoms with E-state index in [4.69, 9.17) is 4.74 Å². The van der Waals surface area contributed by atoms with Crippen LogP contribution in [0.2, 0.25) is 0 Å². The molecule has 2 rings (SSSR count). The SMILES string of the molecule is C=CCNC(=O)CN1CCN(C(=O)C(NC(=O)c2ccc(OC)cc2)C(C)C)CC1. The first kappa shape index (κ1) is 23.4. The first-order valence-corrected chi connectivity index (χ1v) is 10.2. The van der Waals surface area contributed by atoms with Gasteiger partial charge < -0.3 is 20.3 Å². The van der Waals surface area contributed by atoms with Gasteiger partial charge in [-0.3, -0.25) is 19.3 Å². The van der Waals surface area contributed by atoms with Gasteiger partial charge in [-0.1, -0.05) is 19.9 Å². The number of nitrogens with one attached hydrogen (secondary N) is 2. The van der Waals surface area contributed by atoms with Gasteiger partial charge in [-0.2, -0.15) is 0 Å². The predicted octanol–water partition coefficient (Wildman–Crippen LogP) is 0.896. The smallest absolute Gasteiger partial charge is 0.251 e. The number of hydrogen-bond donors (Lipinski definition) is 2. The Balaban J connectivity index is 1.91. The van der Waals surface area contributed by atoms with Crippen LogP contribution in [0, 0.1) is 5.92 Å². The lowest BCUT2D eigenvalue weighted by molar-refractivity contribution is -0.136. The molecule has 1 aliphatic heterocycles. The maximum atomic E-state index is 13.1. The van der Waals surface area contributed by atoms with Gasteiger partial charge in [-0.25, -0.2) is 0 Å². The van der Waals surface area contributed by atoms with Crippen LogP contribution in [0.15, 0.2) is 36.9 Å². The van der Waals surface area contributed by atoms with Crippen molar-refractivity contribution in [3.8, 4) is 5.75 Å². The monoisotopic (exact) mass is 416 g/mol. The van der Waals surface area contributed by atoms with Crippen molar-refractivity contribution < 1.29 is 19.1 Å². The van der Waals surface area contributed by atoms with E-state index in [0.717, 1.165) is 0 Å². The second kappa shape index (κ2) is 11.3. The lowest BCUT2D eigenvalue weighted by Gasteiger charge is -2.37. The van der Waals surface area contributed by atoms with Gasteiger partial charge in [0.1, 0.15) is 11.8 Å². The molecule has 1 atom stereocenters. The Labute approximate surface area is 178 Å². The summed E-state index contributed by atoms with van der Waals surface area (Å²) in [5.74, 6) is 0.174. The molecule has 0 aromatic heterocycles. The Bertz CT molecular complexity index is 740. The van der Waals surface area contributed by atoms with Gasteiger partial charge in [-0.15, -0.1) is 6.58 Å². The number of benzene rings is 1. The Morgan fingerprint density at radius 1 is 1.13 bits per heavy atom. The Hall–Kier alpha value is -2.87. The molecule has 3 amide bonds. The van der Waals surface area contributed by atoms with Crippen molar-refractivity contribution >= 4 is 17.7 Å². The van der Waals surface area contributed by atoms with Crippen molar-refractivity contribution in [1.29, 1.82) is 0 Å². The average Bonchev–Trinajstić information content (AvgIpc) is 2.75. The molecular formula is C22H32N4O4. The fourth-order valence-corrected chi connectivity index (χ4v) is 3.25. The molecule has 1 saturated heterocycles. The first-order chi connectivity index (χ1) is 14.3. The summed E-state index contributed by atoms with van der Waals surface area (Å²) in [6, 6.07) is 6.16. The van der Waals surface area contributed by atoms with Gasteiger partial charge >= 0.3 is 0 Å². The Morgan fingerprint density at radius 2 is 1.77 bits per heavy atom. The van der Waals surface area contributed by atoms with Gasteiger partial charge in [0.05, 0.1) is 13.7 Å². The number of hydrogen-bond acceptors (Lipinski definition) is 5. The fraction of sp³-hybridized carbons (Fsp3) is 0.500. The third-order valence-corrected chi connectivity index (χ3v) is 5.07. The molecule has 0 radical (unpaired) electrons. The minimum absolute atomic E-state index is 0.0533. The average molecular weight is 417 g/mol. The zero-order valence-corrected chi connectivity index (χ0v) is 18.0. The van der Waals surface area contributed by atoms with E-state index in [2.05, 4.69) is 17.2 Å². The zero-order valence-electron chi connectivity index (χ0n) is 18.0. The van der Waals surface area contributed by atoms with E-state index in [1.165, 1.54) is 0 Å². The highest BCUT2D eigenvalue weighted by atomic mass is 16.5. The number of amides is 3. The van der Waals surface area contributed by atoms with Crippen LogP contribution in [0.25, 0.3) is 0 Å². The number of piperazine rings is 1. The number of nitrogens with zero attached hydrogens (tertiary/aromatic N) is 2. The Kier molecular flexibility index (Phi) is 8.86. The number of rotatable bonds is 9. The largest absolute Gasteiger partial charge is 0.497 e. The van der Waals surface area contributed by atoms with E-state index in [1.807, 2.05) is 18.7 Å². The van der Waals surface area contributed by atoms with Crippen LogP contribution in [0.5, 0.6) is 5.75 Å². The van der Waals surface area contributed by atoms with Gasteiger partial charge in [0.25, 0.3) is 5.91 Å². The van der Waals surface area contributed by atoms with Gasteiger partial charge in [0.15, 0.2) is 0 Å². The van der Waals surface area contributed by atoms with Gasteiger partial charge in [0, 0.05) is 38.3 Å². The molecule has 0 saturated carbocycles. The van der Waals surface area contributed by atoms with Gasteiger partial charge in [0.2, 0.25) is 11.8 Å². The molecule has 1 aromatic rings. The number of ether oxygens (including phenoxy) is 1. The molecule has 1 aromatic carbocycles. The summed E-state index contributed by atoms with van der Waals surface area (Å²) in [6.07, 6.45) is 1.64. The van der Waals surface area contributed by atoms with Crippen LogP contribution in [-0.4, -0.2) is 79.9 Å². The Morgan fingerprint density at radius 3 is 2.30 bits per heavy atom.